The number of carbonyl (C=O) groups excluding carboxylic acids is 1. The summed E-state index contributed by atoms with van der Waals surface area (Å²) in [7, 11) is 1.60. The monoisotopic (exact) mass is 395 g/mol. The molecule has 0 saturated carbocycles. The van der Waals surface area contributed by atoms with Crippen molar-refractivity contribution in [3.63, 3.8) is 0 Å². The molecule has 0 bridgehead atoms. The molecular weight excluding hydrogens is 378 g/mol. The minimum Gasteiger partial charge on any atom is -0.497 e. The Hall–Kier alpha value is -4.29. The van der Waals surface area contributed by atoms with Gasteiger partial charge in [-0.1, -0.05) is 36.1 Å². The van der Waals surface area contributed by atoms with Gasteiger partial charge in [0.2, 0.25) is 0 Å². The summed E-state index contributed by atoms with van der Waals surface area (Å²) in [6.07, 6.45) is 0.630. The van der Waals surface area contributed by atoms with Crippen molar-refractivity contribution in [3.05, 3.63) is 94.8 Å². The number of amides is 1. The van der Waals surface area contributed by atoms with Gasteiger partial charge in [0.05, 0.1) is 13.2 Å². The van der Waals surface area contributed by atoms with Crippen molar-refractivity contribution < 1.29 is 14.3 Å². The van der Waals surface area contributed by atoms with E-state index in [4.69, 9.17) is 14.7 Å². The second-order valence-corrected chi connectivity index (χ2v) is 6.64. The van der Waals surface area contributed by atoms with Gasteiger partial charge in [0.25, 0.3) is 0 Å². The number of nitriles is 1. The maximum atomic E-state index is 12.0. The van der Waals surface area contributed by atoms with E-state index in [1.165, 1.54) is 0 Å². The van der Waals surface area contributed by atoms with Crippen molar-refractivity contribution in [2.24, 2.45) is 0 Å². The van der Waals surface area contributed by atoms with Crippen molar-refractivity contribution in [3.8, 4) is 23.7 Å². The lowest BCUT2D eigenvalue weighted by Gasteiger charge is -2.18. The molecule has 0 unspecified atom stereocenters. The van der Waals surface area contributed by atoms with Gasteiger partial charge in [-0.25, -0.2) is 9.78 Å². The van der Waals surface area contributed by atoms with Crippen LogP contribution in [0.25, 0.3) is 0 Å². The van der Waals surface area contributed by atoms with Crippen LogP contribution in [0.3, 0.4) is 0 Å². The molecule has 6 heteroatoms. The molecule has 1 N–H and O–H groups in total. The molecule has 6 nitrogen and oxygen atoms in total. The average molecular weight is 395 g/mol. The lowest BCUT2D eigenvalue weighted by Crippen LogP contribution is -2.19. The number of nitrogens with zero attached hydrogens (tertiary/aromatic N) is 2. The van der Waals surface area contributed by atoms with E-state index in [1.807, 2.05) is 54.6 Å². The van der Waals surface area contributed by atoms with Gasteiger partial charge in [-0.3, -0.25) is 0 Å². The number of pyridine rings is 1. The van der Waals surface area contributed by atoms with Gasteiger partial charge < -0.3 is 14.8 Å². The number of alkyl carbamates (subject to hydrolysis) is 1. The molecule has 0 radical (unpaired) electrons. The fourth-order valence-electron chi connectivity index (χ4n) is 3.25. The van der Waals surface area contributed by atoms with Crippen LogP contribution < -0.4 is 10.1 Å². The van der Waals surface area contributed by atoms with E-state index in [2.05, 4.69) is 22.1 Å². The number of benzene rings is 2. The third kappa shape index (κ3) is 4.09. The van der Waals surface area contributed by atoms with Crippen LogP contribution in [0.5, 0.6) is 5.75 Å². The molecule has 1 saturated heterocycles. The normalized spacial score (nSPS) is 17.1. The predicted octanol–water partition coefficient (Wildman–Crippen LogP) is 3.88. The van der Waals surface area contributed by atoms with Crippen LogP contribution in [0, 0.1) is 23.2 Å². The van der Waals surface area contributed by atoms with Crippen molar-refractivity contribution in [2.45, 2.75) is 12.1 Å². The lowest BCUT2D eigenvalue weighted by molar-refractivity contribution is 0.132. The molecule has 2 aromatic carbocycles. The number of ether oxygens (including phenoxy) is 2. The van der Waals surface area contributed by atoms with Gasteiger partial charge >= 0.3 is 6.09 Å². The Kier molecular flexibility index (Phi) is 5.32. The highest BCUT2D eigenvalue weighted by molar-refractivity contribution is 5.71. The maximum absolute atomic E-state index is 12.0. The summed E-state index contributed by atoms with van der Waals surface area (Å²) in [5.41, 5.74) is 3.59. The van der Waals surface area contributed by atoms with E-state index in [9.17, 15) is 4.79 Å². The Morgan fingerprint density at radius 2 is 1.83 bits per heavy atom. The molecule has 1 amide bonds. The van der Waals surface area contributed by atoms with Gasteiger partial charge in [-0.2, -0.15) is 5.26 Å². The first-order valence-corrected chi connectivity index (χ1v) is 9.25. The molecule has 146 valence electrons. The minimum atomic E-state index is -0.474. The van der Waals surface area contributed by atoms with Crippen LogP contribution in [0.4, 0.5) is 4.79 Å². The minimum absolute atomic E-state index is 0.345. The number of hydrogen-bond acceptors (Lipinski definition) is 5. The second kappa shape index (κ2) is 8.38. The van der Waals surface area contributed by atoms with E-state index >= 15 is 0 Å². The van der Waals surface area contributed by atoms with Crippen LogP contribution in [-0.2, 0) is 4.74 Å². The Bertz CT molecular complexity index is 1190. The van der Waals surface area contributed by atoms with Gasteiger partial charge in [-0.05, 0) is 47.5 Å². The Morgan fingerprint density at radius 1 is 1.03 bits per heavy atom. The zero-order chi connectivity index (χ0) is 20.9. The first kappa shape index (κ1) is 19.0. The molecule has 3 aromatic rings. The summed E-state index contributed by atoms with van der Waals surface area (Å²) in [5.74, 6) is 6.84. The molecule has 1 aliphatic heterocycles. The Morgan fingerprint density at radius 3 is 2.60 bits per heavy atom. The number of methoxy groups -OCH3 is 1. The molecule has 1 aromatic heterocycles. The number of hydrogen-bond donors (Lipinski definition) is 1. The first-order chi connectivity index (χ1) is 14.7. The third-order valence-electron chi connectivity index (χ3n) is 4.71. The molecule has 2 heterocycles. The van der Waals surface area contributed by atoms with Gasteiger partial charge in [0.1, 0.15) is 17.5 Å². The van der Waals surface area contributed by atoms with Crippen molar-refractivity contribution in [1.29, 1.82) is 5.26 Å². The molecule has 1 aliphatic rings. The van der Waals surface area contributed by atoms with Crippen molar-refractivity contribution in [2.75, 3.05) is 7.11 Å². The van der Waals surface area contributed by atoms with Crippen LogP contribution in [0.15, 0.2) is 66.9 Å². The summed E-state index contributed by atoms with van der Waals surface area (Å²) in [4.78, 5) is 16.0. The summed E-state index contributed by atoms with van der Waals surface area (Å²) in [6.45, 7) is 0. The summed E-state index contributed by atoms with van der Waals surface area (Å²) < 4.78 is 10.8. The lowest BCUT2D eigenvalue weighted by atomic mass is 9.95. The summed E-state index contributed by atoms with van der Waals surface area (Å²) in [6, 6.07) is 20.1. The zero-order valence-corrected chi connectivity index (χ0v) is 16.1. The van der Waals surface area contributed by atoms with E-state index in [0.717, 1.165) is 16.7 Å². The van der Waals surface area contributed by atoms with Crippen LogP contribution >= 0.6 is 0 Å². The van der Waals surface area contributed by atoms with E-state index < -0.39 is 12.2 Å². The van der Waals surface area contributed by atoms with Crippen molar-refractivity contribution >= 4 is 6.09 Å². The molecule has 0 spiro atoms. The first-order valence-electron chi connectivity index (χ1n) is 9.25. The number of cyclic esters (lactones) is 1. The topological polar surface area (TPSA) is 84.2 Å². The fraction of sp³-hybridized carbons (Fsp3) is 0.125. The van der Waals surface area contributed by atoms with E-state index in [-0.39, 0.29) is 6.04 Å². The van der Waals surface area contributed by atoms with Gasteiger partial charge in [-0.15, -0.1) is 0 Å². The second-order valence-electron chi connectivity index (χ2n) is 6.64. The zero-order valence-electron chi connectivity index (χ0n) is 16.1. The van der Waals surface area contributed by atoms with Gasteiger partial charge in [0.15, 0.2) is 6.10 Å². The Balaban J connectivity index is 1.61. The summed E-state index contributed by atoms with van der Waals surface area (Å²) >= 11 is 0. The van der Waals surface area contributed by atoms with Crippen LogP contribution in [-0.4, -0.2) is 18.2 Å². The van der Waals surface area contributed by atoms with E-state index in [0.29, 0.717) is 17.0 Å². The maximum Gasteiger partial charge on any atom is 0.408 e. The number of carbonyl (C=O) groups is 1. The van der Waals surface area contributed by atoms with Crippen LogP contribution in [0.2, 0.25) is 0 Å². The number of nitrogens with one attached hydrogen (secondary N) is 1. The molecule has 4 rings (SSSR count). The molecular formula is C24H17N3O3. The number of rotatable bonds is 3. The summed E-state index contributed by atoms with van der Waals surface area (Å²) in [5, 5.41) is 11.7. The van der Waals surface area contributed by atoms with E-state index in [1.54, 1.807) is 25.4 Å². The quantitative estimate of drug-likeness (QED) is 0.681. The molecule has 2 atom stereocenters. The highest BCUT2D eigenvalue weighted by atomic mass is 16.6. The third-order valence-corrected chi connectivity index (χ3v) is 4.71. The molecule has 0 aliphatic carbocycles. The number of aromatic nitrogens is 1. The van der Waals surface area contributed by atoms with Crippen LogP contribution in [0.1, 0.15) is 40.1 Å². The average Bonchev–Trinajstić information content (AvgIpc) is 3.20. The van der Waals surface area contributed by atoms with Gasteiger partial charge in [0, 0.05) is 17.3 Å². The highest BCUT2D eigenvalue weighted by Gasteiger charge is 2.36. The largest absolute Gasteiger partial charge is 0.497 e. The SMILES string of the molecule is COc1cccc([C@H]2OC(=O)N[C@@H]2c2cccc(C#Cc3ccc(C#N)nc3)c2)c1. The highest BCUT2D eigenvalue weighted by Crippen LogP contribution is 2.37. The Labute approximate surface area is 174 Å². The standard InChI is InChI=1S/C24H17N3O3/c1-29-21-7-3-6-19(13-21)23-22(27-24(28)30-23)18-5-2-4-16(12-18)8-9-17-10-11-20(14-25)26-15-17/h2-7,10-13,15,22-23H,1H3,(H,27,28)/t22-,23-/m1/s1. The fourth-order valence-corrected chi connectivity index (χ4v) is 3.25. The molecule has 1 fully saturated rings. The van der Waals surface area contributed by atoms with Crippen molar-refractivity contribution in [1.82, 2.24) is 10.3 Å². The smallest absolute Gasteiger partial charge is 0.408 e. The molecule has 30 heavy (non-hydrogen) atoms. The predicted molar refractivity (Wildman–Crippen MR) is 109 cm³/mol.